The Kier molecular flexibility index (Phi) is 3.65. The van der Waals surface area contributed by atoms with Crippen LogP contribution in [-0.2, 0) is 11.3 Å². The minimum absolute atomic E-state index is 0.111. The molecule has 1 aliphatic rings. The van der Waals surface area contributed by atoms with Crippen molar-refractivity contribution in [1.29, 1.82) is 5.26 Å². The molecule has 0 aliphatic carbocycles. The van der Waals surface area contributed by atoms with Crippen LogP contribution in [0, 0.1) is 17.1 Å². The van der Waals surface area contributed by atoms with Crippen molar-refractivity contribution in [2.75, 3.05) is 19.7 Å². The molecule has 18 heavy (non-hydrogen) atoms. The van der Waals surface area contributed by atoms with Crippen LogP contribution in [0.4, 0.5) is 4.39 Å². The summed E-state index contributed by atoms with van der Waals surface area (Å²) >= 11 is 0. The van der Waals surface area contributed by atoms with E-state index in [4.69, 9.17) is 10.00 Å². The fraction of sp³-hybridized carbons (Fsp3) is 0.500. The number of nitriles is 1. The zero-order valence-electron chi connectivity index (χ0n) is 10.7. The van der Waals surface area contributed by atoms with Crippen molar-refractivity contribution in [3.8, 4) is 6.07 Å². The Morgan fingerprint density at radius 1 is 1.50 bits per heavy atom. The highest BCUT2D eigenvalue weighted by Crippen LogP contribution is 2.19. The first-order chi connectivity index (χ1) is 8.50. The first kappa shape index (κ1) is 13.0. The Balaban J connectivity index is 2.08. The number of nitrogens with zero attached hydrogens (tertiary/aromatic N) is 2. The van der Waals surface area contributed by atoms with Crippen molar-refractivity contribution in [3.05, 3.63) is 35.1 Å². The van der Waals surface area contributed by atoms with Gasteiger partial charge >= 0.3 is 0 Å². The quantitative estimate of drug-likeness (QED) is 0.805. The lowest BCUT2D eigenvalue weighted by Gasteiger charge is -2.38. The summed E-state index contributed by atoms with van der Waals surface area (Å²) in [5, 5.41) is 8.81. The van der Waals surface area contributed by atoms with Crippen LogP contribution in [0.25, 0.3) is 0 Å². The van der Waals surface area contributed by atoms with Gasteiger partial charge in [0.25, 0.3) is 0 Å². The standard InChI is InChI=1S/C14H17FN2O/c1-14(2)10-17(5-6-18-14)9-11-3-4-13(15)12(7-11)8-16/h3-4,7H,5-6,9-10H2,1-2H3. The fourth-order valence-corrected chi connectivity index (χ4v) is 2.26. The Morgan fingerprint density at radius 3 is 2.94 bits per heavy atom. The van der Waals surface area contributed by atoms with Gasteiger partial charge in [-0.1, -0.05) is 6.07 Å². The van der Waals surface area contributed by atoms with Crippen molar-refractivity contribution >= 4 is 0 Å². The van der Waals surface area contributed by atoms with Crippen molar-refractivity contribution in [2.24, 2.45) is 0 Å². The lowest BCUT2D eigenvalue weighted by Crippen LogP contribution is -2.47. The largest absolute Gasteiger partial charge is 0.373 e. The van der Waals surface area contributed by atoms with Gasteiger partial charge in [0.05, 0.1) is 17.8 Å². The van der Waals surface area contributed by atoms with E-state index in [-0.39, 0.29) is 11.2 Å². The van der Waals surface area contributed by atoms with E-state index in [0.29, 0.717) is 6.61 Å². The van der Waals surface area contributed by atoms with E-state index in [9.17, 15) is 4.39 Å². The summed E-state index contributed by atoms with van der Waals surface area (Å²) in [5.41, 5.74) is 0.932. The number of ether oxygens (including phenoxy) is 1. The lowest BCUT2D eigenvalue weighted by atomic mass is 10.1. The summed E-state index contributed by atoms with van der Waals surface area (Å²) in [6.45, 7) is 7.26. The highest BCUT2D eigenvalue weighted by molar-refractivity contribution is 5.34. The molecule has 1 heterocycles. The van der Waals surface area contributed by atoms with E-state index in [1.165, 1.54) is 6.07 Å². The Labute approximate surface area is 107 Å². The Hall–Kier alpha value is -1.44. The summed E-state index contributed by atoms with van der Waals surface area (Å²) < 4.78 is 18.9. The predicted molar refractivity (Wildman–Crippen MR) is 66.4 cm³/mol. The molecule has 1 fully saturated rings. The number of halogens is 1. The third-order valence-electron chi connectivity index (χ3n) is 3.06. The van der Waals surface area contributed by atoms with Crippen LogP contribution in [-0.4, -0.2) is 30.2 Å². The molecular formula is C14H17FN2O. The summed E-state index contributed by atoms with van der Waals surface area (Å²) in [4.78, 5) is 2.26. The predicted octanol–water partition coefficient (Wildman–Crippen LogP) is 2.31. The Morgan fingerprint density at radius 2 is 2.28 bits per heavy atom. The smallest absolute Gasteiger partial charge is 0.140 e. The summed E-state index contributed by atoms with van der Waals surface area (Å²) in [5.74, 6) is -0.455. The lowest BCUT2D eigenvalue weighted by molar-refractivity contribution is -0.0882. The summed E-state index contributed by atoms with van der Waals surface area (Å²) in [6.07, 6.45) is 0. The maximum Gasteiger partial charge on any atom is 0.140 e. The van der Waals surface area contributed by atoms with E-state index >= 15 is 0 Å². The van der Waals surface area contributed by atoms with Crippen LogP contribution >= 0.6 is 0 Å². The molecule has 0 radical (unpaired) electrons. The number of hydrogen-bond donors (Lipinski definition) is 0. The van der Waals surface area contributed by atoms with Crippen LogP contribution in [0.3, 0.4) is 0 Å². The van der Waals surface area contributed by atoms with Crippen molar-refractivity contribution in [3.63, 3.8) is 0 Å². The van der Waals surface area contributed by atoms with E-state index in [2.05, 4.69) is 18.7 Å². The van der Waals surface area contributed by atoms with Crippen LogP contribution in [0.2, 0.25) is 0 Å². The SMILES string of the molecule is CC1(C)CN(Cc2ccc(F)c(C#N)c2)CCO1. The van der Waals surface area contributed by atoms with Crippen LogP contribution in [0.5, 0.6) is 0 Å². The molecule has 1 aliphatic heterocycles. The third-order valence-corrected chi connectivity index (χ3v) is 3.06. The van der Waals surface area contributed by atoms with Gasteiger partial charge in [-0.25, -0.2) is 4.39 Å². The highest BCUT2D eigenvalue weighted by Gasteiger charge is 2.27. The zero-order chi connectivity index (χ0) is 13.2. The van der Waals surface area contributed by atoms with Crippen LogP contribution < -0.4 is 0 Å². The zero-order valence-corrected chi connectivity index (χ0v) is 10.7. The first-order valence-electron chi connectivity index (χ1n) is 6.05. The second-order valence-electron chi connectivity index (χ2n) is 5.24. The molecule has 96 valence electrons. The van der Waals surface area contributed by atoms with E-state index in [1.54, 1.807) is 12.1 Å². The van der Waals surface area contributed by atoms with Crippen LogP contribution in [0.15, 0.2) is 18.2 Å². The van der Waals surface area contributed by atoms with Gasteiger partial charge in [-0.2, -0.15) is 5.26 Å². The molecule has 0 saturated carbocycles. The van der Waals surface area contributed by atoms with E-state index < -0.39 is 5.82 Å². The van der Waals surface area contributed by atoms with Gasteiger partial charge in [-0.3, -0.25) is 4.90 Å². The average Bonchev–Trinajstić information content (AvgIpc) is 2.30. The average molecular weight is 248 g/mol. The first-order valence-corrected chi connectivity index (χ1v) is 6.05. The van der Waals surface area contributed by atoms with Gasteiger partial charge in [0.15, 0.2) is 0 Å². The van der Waals surface area contributed by atoms with Gasteiger partial charge in [0.2, 0.25) is 0 Å². The molecule has 1 aromatic rings. The number of benzene rings is 1. The molecule has 0 unspecified atom stereocenters. The fourth-order valence-electron chi connectivity index (χ4n) is 2.26. The summed E-state index contributed by atoms with van der Waals surface area (Å²) in [7, 11) is 0. The molecule has 0 aromatic heterocycles. The van der Waals surface area contributed by atoms with Gasteiger partial charge in [0.1, 0.15) is 11.9 Å². The number of rotatable bonds is 2. The molecule has 0 atom stereocenters. The van der Waals surface area contributed by atoms with E-state index in [0.717, 1.165) is 25.2 Å². The molecule has 1 aromatic carbocycles. The van der Waals surface area contributed by atoms with Crippen molar-refractivity contribution in [2.45, 2.75) is 26.0 Å². The molecule has 2 rings (SSSR count). The highest BCUT2D eigenvalue weighted by atomic mass is 19.1. The molecule has 4 heteroatoms. The topological polar surface area (TPSA) is 36.3 Å². The van der Waals surface area contributed by atoms with Gasteiger partial charge < -0.3 is 4.74 Å². The maximum absolute atomic E-state index is 13.2. The minimum Gasteiger partial charge on any atom is -0.373 e. The maximum atomic E-state index is 13.2. The minimum atomic E-state index is -0.455. The molecule has 3 nitrogen and oxygen atoms in total. The van der Waals surface area contributed by atoms with Gasteiger partial charge in [-0.05, 0) is 31.5 Å². The van der Waals surface area contributed by atoms with Crippen molar-refractivity contribution < 1.29 is 9.13 Å². The van der Waals surface area contributed by atoms with Crippen LogP contribution in [0.1, 0.15) is 25.0 Å². The van der Waals surface area contributed by atoms with E-state index in [1.807, 2.05) is 6.07 Å². The summed E-state index contributed by atoms with van der Waals surface area (Å²) in [6, 6.07) is 6.59. The second kappa shape index (κ2) is 5.05. The van der Waals surface area contributed by atoms with Gasteiger partial charge in [0, 0.05) is 19.6 Å². The van der Waals surface area contributed by atoms with Crippen molar-refractivity contribution in [1.82, 2.24) is 4.90 Å². The molecule has 0 spiro atoms. The second-order valence-corrected chi connectivity index (χ2v) is 5.24. The molecule has 0 amide bonds. The van der Waals surface area contributed by atoms with Gasteiger partial charge in [-0.15, -0.1) is 0 Å². The molecule has 0 N–H and O–H groups in total. The molecule has 1 saturated heterocycles. The molecular weight excluding hydrogens is 231 g/mol. The number of morpholine rings is 1. The Bertz CT molecular complexity index is 479. The monoisotopic (exact) mass is 248 g/mol. The molecule has 0 bridgehead atoms. The number of hydrogen-bond acceptors (Lipinski definition) is 3. The normalized spacial score (nSPS) is 19.4. The third kappa shape index (κ3) is 3.06.